The van der Waals surface area contributed by atoms with Crippen LogP contribution in [-0.4, -0.2) is 9.75 Å². The lowest BCUT2D eigenvalue weighted by molar-refractivity contribution is -0.385. The summed E-state index contributed by atoms with van der Waals surface area (Å²) in [6, 6.07) is 3.68. The van der Waals surface area contributed by atoms with E-state index >= 15 is 0 Å². The van der Waals surface area contributed by atoms with Gasteiger partial charge >= 0.3 is 0 Å². The van der Waals surface area contributed by atoms with Crippen molar-refractivity contribution in [2.45, 2.75) is 24.6 Å². The summed E-state index contributed by atoms with van der Waals surface area (Å²) in [5.41, 5.74) is 0.472. The molecule has 15 heavy (non-hydrogen) atoms. The van der Waals surface area contributed by atoms with Gasteiger partial charge < -0.3 is 0 Å². The van der Waals surface area contributed by atoms with Crippen LogP contribution >= 0.6 is 15.9 Å². The number of alkyl halides is 1. The topological polar surface area (TPSA) is 43.1 Å². The predicted octanol–water partition coefficient (Wildman–Crippen LogP) is 3.45. The van der Waals surface area contributed by atoms with Crippen LogP contribution in [0, 0.1) is 15.9 Å². The van der Waals surface area contributed by atoms with Crippen molar-refractivity contribution in [3.63, 3.8) is 0 Å². The zero-order valence-electron chi connectivity index (χ0n) is 8.24. The predicted molar refractivity (Wildman–Crippen MR) is 59.8 cm³/mol. The SMILES string of the molecule is CC(Br)CCc1cc(F)cc([N+](=O)[O-])c1. The molecule has 0 amide bonds. The first kappa shape index (κ1) is 12.1. The van der Waals surface area contributed by atoms with Gasteiger partial charge in [-0.3, -0.25) is 10.1 Å². The van der Waals surface area contributed by atoms with E-state index in [0.717, 1.165) is 12.5 Å². The normalized spacial score (nSPS) is 12.5. The van der Waals surface area contributed by atoms with Gasteiger partial charge in [0.2, 0.25) is 0 Å². The second-order valence-corrected chi connectivity index (χ2v) is 4.96. The van der Waals surface area contributed by atoms with Crippen LogP contribution in [0.25, 0.3) is 0 Å². The molecule has 0 N–H and O–H groups in total. The Labute approximate surface area is 95.6 Å². The molecule has 5 heteroatoms. The highest BCUT2D eigenvalue weighted by Crippen LogP contribution is 2.18. The number of non-ortho nitro benzene ring substituents is 1. The van der Waals surface area contributed by atoms with Crippen LogP contribution in [0.3, 0.4) is 0 Å². The maximum Gasteiger partial charge on any atom is 0.272 e. The molecule has 1 atom stereocenters. The van der Waals surface area contributed by atoms with Crippen LogP contribution in [-0.2, 0) is 6.42 Å². The van der Waals surface area contributed by atoms with Crippen molar-refractivity contribution in [3.8, 4) is 0 Å². The number of hydrogen-bond donors (Lipinski definition) is 0. The first-order valence-electron chi connectivity index (χ1n) is 4.57. The number of nitro groups is 1. The fraction of sp³-hybridized carbons (Fsp3) is 0.400. The molecule has 0 heterocycles. The summed E-state index contributed by atoms with van der Waals surface area (Å²) in [7, 11) is 0. The van der Waals surface area contributed by atoms with Gasteiger partial charge in [0.1, 0.15) is 5.82 Å². The molecule has 0 radical (unpaired) electrons. The summed E-state index contributed by atoms with van der Waals surface area (Å²) in [5, 5.41) is 10.5. The first-order chi connectivity index (χ1) is 6.99. The molecule has 0 aliphatic heterocycles. The number of nitrogens with zero attached hydrogens (tertiary/aromatic N) is 1. The van der Waals surface area contributed by atoms with E-state index in [1.54, 1.807) is 0 Å². The maximum atomic E-state index is 13.0. The molecule has 1 rings (SSSR count). The maximum absolute atomic E-state index is 13.0. The minimum absolute atomic E-state index is 0.188. The minimum atomic E-state index is -0.579. The Balaban J connectivity index is 2.84. The van der Waals surface area contributed by atoms with Crippen LogP contribution in [0.1, 0.15) is 18.9 Å². The van der Waals surface area contributed by atoms with Gasteiger partial charge in [-0.25, -0.2) is 4.39 Å². The van der Waals surface area contributed by atoms with E-state index in [9.17, 15) is 14.5 Å². The molecule has 0 bridgehead atoms. The van der Waals surface area contributed by atoms with Crippen LogP contribution in [0.2, 0.25) is 0 Å². The number of benzene rings is 1. The molecule has 0 aliphatic rings. The summed E-state index contributed by atoms with van der Waals surface area (Å²) in [6.07, 6.45) is 1.45. The second-order valence-electron chi connectivity index (χ2n) is 3.39. The van der Waals surface area contributed by atoms with Crippen molar-refractivity contribution in [2.75, 3.05) is 0 Å². The monoisotopic (exact) mass is 275 g/mol. The van der Waals surface area contributed by atoms with Gasteiger partial charge in [-0.1, -0.05) is 22.9 Å². The van der Waals surface area contributed by atoms with Gasteiger partial charge in [-0.05, 0) is 24.5 Å². The molecule has 3 nitrogen and oxygen atoms in total. The van der Waals surface area contributed by atoms with Crippen molar-refractivity contribution < 1.29 is 9.31 Å². The average Bonchev–Trinajstić information content (AvgIpc) is 2.13. The van der Waals surface area contributed by atoms with Crippen molar-refractivity contribution >= 4 is 21.6 Å². The van der Waals surface area contributed by atoms with Crippen LogP contribution in [0.5, 0.6) is 0 Å². The average molecular weight is 276 g/mol. The highest BCUT2D eigenvalue weighted by molar-refractivity contribution is 9.09. The molecule has 0 aromatic heterocycles. The Morgan fingerprint density at radius 3 is 2.73 bits per heavy atom. The van der Waals surface area contributed by atoms with Crippen LogP contribution in [0.15, 0.2) is 18.2 Å². The quantitative estimate of drug-likeness (QED) is 0.480. The fourth-order valence-corrected chi connectivity index (χ4v) is 1.48. The van der Waals surface area contributed by atoms with Gasteiger partial charge in [-0.15, -0.1) is 0 Å². The molecule has 0 fully saturated rings. The zero-order chi connectivity index (χ0) is 11.4. The van der Waals surface area contributed by atoms with E-state index in [1.165, 1.54) is 12.1 Å². The molecular weight excluding hydrogens is 265 g/mol. The third kappa shape index (κ3) is 3.95. The van der Waals surface area contributed by atoms with Gasteiger partial charge in [0.25, 0.3) is 5.69 Å². The van der Waals surface area contributed by atoms with E-state index in [-0.39, 0.29) is 5.69 Å². The lowest BCUT2D eigenvalue weighted by Crippen LogP contribution is -1.97. The second kappa shape index (κ2) is 5.21. The Morgan fingerprint density at radius 2 is 2.20 bits per heavy atom. The summed E-state index contributed by atoms with van der Waals surface area (Å²) in [6.45, 7) is 1.98. The summed E-state index contributed by atoms with van der Waals surface area (Å²) in [4.78, 5) is 10.2. The number of nitro benzene ring substituents is 1. The Hall–Kier alpha value is -0.970. The Kier molecular flexibility index (Phi) is 4.20. The van der Waals surface area contributed by atoms with E-state index in [4.69, 9.17) is 0 Å². The van der Waals surface area contributed by atoms with E-state index in [2.05, 4.69) is 15.9 Å². The summed E-state index contributed by atoms with van der Waals surface area (Å²) >= 11 is 3.37. The van der Waals surface area contributed by atoms with Crippen molar-refractivity contribution in [1.82, 2.24) is 0 Å². The third-order valence-corrected chi connectivity index (χ3v) is 2.44. The van der Waals surface area contributed by atoms with E-state index in [1.807, 2.05) is 6.92 Å². The van der Waals surface area contributed by atoms with Gasteiger partial charge in [-0.2, -0.15) is 0 Å². The van der Waals surface area contributed by atoms with Crippen molar-refractivity contribution in [1.29, 1.82) is 0 Å². The Bertz CT molecular complexity index is 368. The molecule has 0 spiro atoms. The number of hydrogen-bond acceptors (Lipinski definition) is 2. The molecule has 0 saturated heterocycles. The van der Waals surface area contributed by atoms with Crippen LogP contribution < -0.4 is 0 Å². The third-order valence-electron chi connectivity index (χ3n) is 1.98. The van der Waals surface area contributed by atoms with E-state index in [0.29, 0.717) is 16.8 Å². The summed E-state index contributed by atoms with van der Waals surface area (Å²) in [5.74, 6) is -0.554. The molecule has 0 aliphatic carbocycles. The molecule has 0 saturated carbocycles. The largest absolute Gasteiger partial charge is 0.272 e. The standard InChI is InChI=1S/C10H11BrFNO2/c1-7(11)2-3-8-4-9(12)6-10(5-8)13(14)15/h4-7H,2-3H2,1H3. The number of rotatable bonds is 4. The van der Waals surface area contributed by atoms with Gasteiger partial charge in [0.05, 0.1) is 11.0 Å². The fourth-order valence-electron chi connectivity index (χ4n) is 1.25. The van der Waals surface area contributed by atoms with Gasteiger partial charge in [0.15, 0.2) is 0 Å². The van der Waals surface area contributed by atoms with Crippen LogP contribution in [0.4, 0.5) is 10.1 Å². The molecule has 1 aromatic carbocycles. The smallest absolute Gasteiger partial charge is 0.258 e. The number of aryl methyl sites for hydroxylation is 1. The van der Waals surface area contributed by atoms with Crippen molar-refractivity contribution in [3.05, 3.63) is 39.7 Å². The highest BCUT2D eigenvalue weighted by atomic mass is 79.9. The summed E-state index contributed by atoms with van der Waals surface area (Å²) < 4.78 is 13.0. The molecular formula is C10H11BrFNO2. The molecule has 1 unspecified atom stereocenters. The lowest BCUT2D eigenvalue weighted by Gasteiger charge is -2.03. The van der Waals surface area contributed by atoms with Crippen molar-refractivity contribution in [2.24, 2.45) is 0 Å². The first-order valence-corrected chi connectivity index (χ1v) is 5.48. The zero-order valence-corrected chi connectivity index (χ0v) is 9.83. The lowest BCUT2D eigenvalue weighted by atomic mass is 10.1. The molecule has 1 aromatic rings. The van der Waals surface area contributed by atoms with Gasteiger partial charge in [0, 0.05) is 10.9 Å². The highest BCUT2D eigenvalue weighted by Gasteiger charge is 2.10. The minimum Gasteiger partial charge on any atom is -0.258 e. The number of halogens is 2. The molecule has 82 valence electrons. The Morgan fingerprint density at radius 1 is 1.53 bits per heavy atom. The van der Waals surface area contributed by atoms with E-state index < -0.39 is 10.7 Å².